The fraction of sp³-hybridized carbons (Fsp3) is 0.889. The van der Waals surface area contributed by atoms with Crippen LogP contribution in [0.1, 0.15) is 239 Å². The Morgan fingerprint density at radius 3 is 1.18 bits per heavy atom. The Balaban J connectivity index is 3.44. The highest BCUT2D eigenvalue weighted by Crippen LogP contribution is 2.16. The maximum Gasteiger partial charge on any atom is 0.220 e. The highest BCUT2D eigenvalue weighted by Gasteiger charge is 2.17. The van der Waals surface area contributed by atoms with Crippen molar-refractivity contribution in [2.45, 2.75) is 251 Å². The van der Waals surface area contributed by atoms with Crippen molar-refractivity contribution in [2.24, 2.45) is 0 Å². The van der Waals surface area contributed by atoms with Crippen LogP contribution >= 0.6 is 0 Å². The van der Waals surface area contributed by atoms with Gasteiger partial charge < -0.3 is 15.5 Å². The molecular formula is C45H87NO3. The summed E-state index contributed by atoms with van der Waals surface area (Å²) in [6, 6.07) is -0.633. The zero-order chi connectivity index (χ0) is 35.7. The summed E-state index contributed by atoms with van der Waals surface area (Å²) < 4.78 is 0. The fourth-order valence-electron chi connectivity index (χ4n) is 6.78. The van der Waals surface area contributed by atoms with Gasteiger partial charge in [-0.05, 0) is 32.1 Å². The van der Waals surface area contributed by atoms with Crippen LogP contribution in [-0.2, 0) is 4.79 Å². The largest absolute Gasteiger partial charge is 0.394 e. The van der Waals surface area contributed by atoms with Gasteiger partial charge in [-0.25, -0.2) is 0 Å². The number of unbranched alkanes of at least 4 members (excludes halogenated alkanes) is 31. The smallest absolute Gasteiger partial charge is 0.220 e. The highest BCUT2D eigenvalue weighted by atomic mass is 16.3. The SMILES string of the molecule is CCCCCC/C=C/CC/C=C/C(O)C(CO)NC(=O)CCCCCCCCCCCCCCCCCCCCCCCCCCCCC. The van der Waals surface area contributed by atoms with Crippen LogP contribution in [0.15, 0.2) is 24.3 Å². The number of hydrogen-bond acceptors (Lipinski definition) is 3. The molecule has 0 saturated heterocycles. The van der Waals surface area contributed by atoms with Gasteiger partial charge in [-0.15, -0.1) is 0 Å². The van der Waals surface area contributed by atoms with Gasteiger partial charge in [-0.1, -0.05) is 224 Å². The normalized spacial score (nSPS) is 13.1. The van der Waals surface area contributed by atoms with E-state index in [0.29, 0.717) is 6.42 Å². The molecule has 0 aliphatic heterocycles. The maximum absolute atomic E-state index is 12.3. The summed E-state index contributed by atoms with van der Waals surface area (Å²) in [4.78, 5) is 12.3. The van der Waals surface area contributed by atoms with Gasteiger partial charge in [0.2, 0.25) is 5.91 Å². The van der Waals surface area contributed by atoms with E-state index < -0.39 is 12.1 Å². The van der Waals surface area contributed by atoms with Crippen LogP contribution in [0.25, 0.3) is 0 Å². The van der Waals surface area contributed by atoms with Gasteiger partial charge in [-0.3, -0.25) is 4.79 Å². The minimum absolute atomic E-state index is 0.0721. The monoisotopic (exact) mass is 690 g/mol. The third kappa shape index (κ3) is 37.9. The van der Waals surface area contributed by atoms with Crippen LogP contribution in [0.4, 0.5) is 0 Å². The Hall–Kier alpha value is -1.13. The van der Waals surface area contributed by atoms with E-state index in [1.54, 1.807) is 6.08 Å². The van der Waals surface area contributed by atoms with E-state index >= 15 is 0 Å². The lowest BCUT2D eigenvalue weighted by atomic mass is 10.0. The van der Waals surface area contributed by atoms with Gasteiger partial charge in [0.15, 0.2) is 0 Å². The number of nitrogens with one attached hydrogen (secondary N) is 1. The molecule has 3 N–H and O–H groups in total. The van der Waals surface area contributed by atoms with Crippen LogP contribution < -0.4 is 5.32 Å². The zero-order valence-electron chi connectivity index (χ0n) is 33.2. The van der Waals surface area contributed by atoms with Gasteiger partial charge in [0.25, 0.3) is 0 Å². The number of carbonyl (C=O) groups is 1. The Kier molecular flexibility index (Phi) is 40.3. The van der Waals surface area contributed by atoms with E-state index in [9.17, 15) is 15.0 Å². The molecule has 0 aromatic rings. The molecule has 49 heavy (non-hydrogen) atoms. The molecule has 0 aromatic heterocycles. The minimum atomic E-state index is -0.856. The number of allylic oxidation sites excluding steroid dienone is 3. The molecule has 0 radical (unpaired) electrons. The summed E-state index contributed by atoms with van der Waals surface area (Å²) in [5.41, 5.74) is 0. The fourth-order valence-corrected chi connectivity index (χ4v) is 6.78. The quantitative estimate of drug-likeness (QED) is 0.0443. The van der Waals surface area contributed by atoms with Crippen molar-refractivity contribution in [2.75, 3.05) is 6.61 Å². The number of rotatable bonds is 40. The Bertz CT molecular complexity index is 705. The third-order valence-corrected chi connectivity index (χ3v) is 10.2. The van der Waals surface area contributed by atoms with E-state index in [1.165, 1.54) is 186 Å². The summed E-state index contributed by atoms with van der Waals surface area (Å²) in [6.07, 6.45) is 53.1. The summed E-state index contributed by atoms with van der Waals surface area (Å²) in [7, 11) is 0. The van der Waals surface area contributed by atoms with Crippen molar-refractivity contribution in [3.05, 3.63) is 24.3 Å². The summed E-state index contributed by atoms with van der Waals surface area (Å²) in [5.74, 6) is -0.0721. The van der Waals surface area contributed by atoms with Crippen molar-refractivity contribution >= 4 is 5.91 Å². The van der Waals surface area contributed by atoms with Crippen molar-refractivity contribution in [3.63, 3.8) is 0 Å². The first-order valence-corrected chi connectivity index (χ1v) is 22.1. The topological polar surface area (TPSA) is 69.6 Å². The maximum atomic E-state index is 12.3. The predicted molar refractivity (Wildman–Crippen MR) is 216 cm³/mol. The molecule has 4 heteroatoms. The lowest BCUT2D eigenvalue weighted by molar-refractivity contribution is -0.123. The van der Waals surface area contributed by atoms with Gasteiger partial charge in [0.1, 0.15) is 0 Å². The van der Waals surface area contributed by atoms with Crippen LogP contribution in [-0.4, -0.2) is 34.9 Å². The summed E-state index contributed by atoms with van der Waals surface area (Å²) in [6.45, 7) is 4.27. The molecule has 0 rings (SSSR count). The van der Waals surface area contributed by atoms with Gasteiger partial charge in [0, 0.05) is 6.42 Å². The van der Waals surface area contributed by atoms with E-state index in [-0.39, 0.29) is 12.5 Å². The Labute approximate surface area is 307 Å². The van der Waals surface area contributed by atoms with E-state index in [2.05, 4.69) is 31.3 Å². The molecule has 2 atom stereocenters. The van der Waals surface area contributed by atoms with Gasteiger partial charge in [-0.2, -0.15) is 0 Å². The van der Waals surface area contributed by atoms with E-state index in [0.717, 1.165) is 32.1 Å². The van der Waals surface area contributed by atoms with Crippen molar-refractivity contribution < 1.29 is 15.0 Å². The second-order valence-electron chi connectivity index (χ2n) is 15.1. The number of amides is 1. The predicted octanol–water partition coefficient (Wildman–Crippen LogP) is 13.6. The third-order valence-electron chi connectivity index (χ3n) is 10.2. The molecule has 0 heterocycles. The standard InChI is InChI=1S/C45H87NO3/c1-3-5-7-9-11-13-15-16-17-18-19-20-21-22-23-24-25-26-27-28-29-30-31-33-35-37-39-41-45(49)46-43(42-47)44(48)40-38-36-34-32-14-12-10-8-6-4-2/h14,32,38,40,43-44,47-48H,3-13,15-31,33-37,39,41-42H2,1-2H3,(H,46,49)/b32-14+,40-38+. The summed E-state index contributed by atoms with van der Waals surface area (Å²) in [5, 5.41) is 22.9. The number of aliphatic hydroxyl groups excluding tert-OH is 2. The second-order valence-corrected chi connectivity index (χ2v) is 15.1. The number of carbonyl (C=O) groups excluding carboxylic acids is 1. The summed E-state index contributed by atoms with van der Waals surface area (Å²) >= 11 is 0. The molecule has 2 unspecified atom stereocenters. The molecule has 0 fully saturated rings. The Morgan fingerprint density at radius 1 is 0.469 bits per heavy atom. The molecule has 0 bridgehead atoms. The van der Waals surface area contributed by atoms with Crippen LogP contribution in [0, 0.1) is 0 Å². The molecule has 290 valence electrons. The minimum Gasteiger partial charge on any atom is -0.394 e. The molecule has 0 aliphatic rings. The second kappa shape index (κ2) is 41.3. The first-order chi connectivity index (χ1) is 24.2. The lowest BCUT2D eigenvalue weighted by Crippen LogP contribution is -2.45. The molecule has 4 nitrogen and oxygen atoms in total. The van der Waals surface area contributed by atoms with Crippen LogP contribution in [0.2, 0.25) is 0 Å². The van der Waals surface area contributed by atoms with E-state index in [1.807, 2.05) is 6.08 Å². The molecule has 0 spiro atoms. The molecule has 0 saturated carbocycles. The van der Waals surface area contributed by atoms with Gasteiger partial charge in [0.05, 0.1) is 18.8 Å². The first kappa shape index (κ1) is 47.9. The lowest BCUT2D eigenvalue weighted by Gasteiger charge is -2.19. The number of aliphatic hydroxyl groups is 2. The molecule has 0 aliphatic carbocycles. The van der Waals surface area contributed by atoms with Crippen LogP contribution in [0.5, 0.6) is 0 Å². The highest BCUT2D eigenvalue weighted by molar-refractivity contribution is 5.76. The molecular weight excluding hydrogens is 602 g/mol. The van der Waals surface area contributed by atoms with Crippen molar-refractivity contribution in [1.29, 1.82) is 0 Å². The zero-order valence-corrected chi connectivity index (χ0v) is 33.2. The Morgan fingerprint density at radius 2 is 0.796 bits per heavy atom. The van der Waals surface area contributed by atoms with Gasteiger partial charge >= 0.3 is 0 Å². The molecule has 1 amide bonds. The molecule has 0 aromatic carbocycles. The number of hydrogen-bond donors (Lipinski definition) is 3. The van der Waals surface area contributed by atoms with Crippen LogP contribution in [0.3, 0.4) is 0 Å². The average molecular weight is 690 g/mol. The first-order valence-electron chi connectivity index (χ1n) is 22.1. The van der Waals surface area contributed by atoms with E-state index in [4.69, 9.17) is 0 Å². The average Bonchev–Trinajstić information content (AvgIpc) is 3.10. The van der Waals surface area contributed by atoms with Crippen molar-refractivity contribution in [3.8, 4) is 0 Å². The van der Waals surface area contributed by atoms with Crippen molar-refractivity contribution in [1.82, 2.24) is 5.32 Å².